The minimum absolute atomic E-state index is 0.148. The Morgan fingerprint density at radius 1 is 0.293 bits per heavy atom. The highest BCUT2D eigenvalue weighted by atomic mass is 15.1. The highest BCUT2D eigenvalue weighted by Gasteiger charge is 2.36. The van der Waals surface area contributed by atoms with Crippen LogP contribution in [0.5, 0.6) is 0 Å². The Hall–Kier alpha value is -7.22. The zero-order valence-corrected chi connectivity index (χ0v) is 32.8. The molecule has 0 fully saturated rings. The van der Waals surface area contributed by atoms with Crippen molar-refractivity contribution in [2.75, 3.05) is 4.90 Å². The maximum Gasteiger partial charge on any atom is 0.0546 e. The zero-order chi connectivity index (χ0) is 39.1. The van der Waals surface area contributed by atoms with Crippen LogP contribution in [0.15, 0.2) is 224 Å². The predicted molar refractivity (Wildman–Crippen MR) is 246 cm³/mol. The van der Waals surface area contributed by atoms with Crippen LogP contribution in [0, 0.1) is 0 Å². The molecule has 0 radical (unpaired) electrons. The maximum absolute atomic E-state index is 2.49. The summed E-state index contributed by atoms with van der Waals surface area (Å²) in [5.74, 6) is 0. The van der Waals surface area contributed by atoms with Gasteiger partial charge in [0.2, 0.25) is 0 Å². The van der Waals surface area contributed by atoms with Crippen molar-refractivity contribution >= 4 is 17.1 Å². The fraction of sp³-hybridized carbons (Fsp3) is 0.0526. The van der Waals surface area contributed by atoms with Gasteiger partial charge in [-0.15, -0.1) is 0 Å². The van der Waals surface area contributed by atoms with E-state index in [1.165, 1.54) is 77.9 Å². The second-order valence-corrected chi connectivity index (χ2v) is 15.7. The Labute approximate surface area is 342 Å². The van der Waals surface area contributed by atoms with E-state index in [2.05, 4.69) is 243 Å². The van der Waals surface area contributed by atoms with Gasteiger partial charge in [0.1, 0.15) is 0 Å². The molecule has 0 heterocycles. The second-order valence-electron chi connectivity index (χ2n) is 15.7. The summed E-state index contributed by atoms with van der Waals surface area (Å²) < 4.78 is 0. The van der Waals surface area contributed by atoms with Crippen molar-refractivity contribution in [3.05, 3.63) is 236 Å². The van der Waals surface area contributed by atoms with Gasteiger partial charge in [-0.25, -0.2) is 0 Å². The number of anilines is 3. The third-order valence-corrected chi connectivity index (χ3v) is 11.9. The summed E-state index contributed by atoms with van der Waals surface area (Å²) in [7, 11) is 0. The van der Waals surface area contributed by atoms with E-state index in [1.54, 1.807) is 0 Å². The van der Waals surface area contributed by atoms with Crippen LogP contribution in [0.4, 0.5) is 17.1 Å². The largest absolute Gasteiger partial charge is 0.310 e. The summed E-state index contributed by atoms with van der Waals surface area (Å²) in [6, 6.07) is 81.9. The van der Waals surface area contributed by atoms with Gasteiger partial charge in [-0.2, -0.15) is 0 Å². The Bertz CT molecular complexity index is 2890. The number of rotatable bonds is 8. The molecular formula is C57H43N. The van der Waals surface area contributed by atoms with Crippen LogP contribution in [0.2, 0.25) is 0 Å². The predicted octanol–water partition coefficient (Wildman–Crippen LogP) is 15.8. The minimum atomic E-state index is -0.148. The standard InChI is InChI=1S/C57H43N/c1-57(2)53-30-15-14-27-50(53)51-37-36-47(39-54(51)57)58(46-25-16-24-45(38-46)42-34-32-41(33-35-42)40-18-6-3-7-19-40)55-31-17-29-49(44-22-10-5-11-23-44)56(55)52-28-13-12-26-48(52)43-20-8-4-9-21-43/h3-39H,1-2H3. The van der Waals surface area contributed by atoms with Crippen LogP contribution in [0.25, 0.3) is 66.8 Å². The summed E-state index contributed by atoms with van der Waals surface area (Å²) in [4.78, 5) is 2.49. The molecule has 9 aromatic rings. The average molecular weight is 742 g/mol. The van der Waals surface area contributed by atoms with Gasteiger partial charge >= 0.3 is 0 Å². The van der Waals surface area contributed by atoms with Crippen molar-refractivity contribution in [2.24, 2.45) is 0 Å². The van der Waals surface area contributed by atoms with E-state index in [1.807, 2.05) is 0 Å². The molecular weight excluding hydrogens is 699 g/mol. The SMILES string of the molecule is CC1(C)c2ccccc2-c2ccc(N(c3cccc(-c4ccc(-c5ccccc5)cc4)c3)c3cccc(-c4ccccc4)c3-c3ccccc3-c3ccccc3)cc21. The van der Waals surface area contributed by atoms with Crippen molar-refractivity contribution < 1.29 is 0 Å². The molecule has 0 bridgehead atoms. The molecule has 0 saturated heterocycles. The van der Waals surface area contributed by atoms with Gasteiger partial charge in [-0.3, -0.25) is 0 Å². The van der Waals surface area contributed by atoms with Gasteiger partial charge in [-0.05, 0) is 103 Å². The van der Waals surface area contributed by atoms with E-state index in [0.29, 0.717) is 0 Å². The van der Waals surface area contributed by atoms with Crippen LogP contribution < -0.4 is 4.90 Å². The first-order valence-corrected chi connectivity index (χ1v) is 20.2. The Morgan fingerprint density at radius 3 is 1.45 bits per heavy atom. The van der Waals surface area contributed by atoms with Gasteiger partial charge in [0.15, 0.2) is 0 Å². The number of hydrogen-bond donors (Lipinski definition) is 0. The lowest BCUT2D eigenvalue weighted by Gasteiger charge is -2.31. The lowest BCUT2D eigenvalue weighted by atomic mass is 9.82. The normalized spacial score (nSPS) is 12.4. The molecule has 10 rings (SSSR count). The maximum atomic E-state index is 2.49. The lowest BCUT2D eigenvalue weighted by molar-refractivity contribution is 0.660. The van der Waals surface area contributed by atoms with Gasteiger partial charge in [0.05, 0.1) is 5.69 Å². The van der Waals surface area contributed by atoms with E-state index in [4.69, 9.17) is 0 Å². The molecule has 0 N–H and O–H groups in total. The number of fused-ring (bicyclic) bond motifs is 3. The van der Waals surface area contributed by atoms with Crippen molar-refractivity contribution in [2.45, 2.75) is 19.3 Å². The first-order chi connectivity index (χ1) is 28.5. The zero-order valence-electron chi connectivity index (χ0n) is 32.8. The van der Waals surface area contributed by atoms with E-state index in [9.17, 15) is 0 Å². The molecule has 0 atom stereocenters. The highest BCUT2D eigenvalue weighted by molar-refractivity contribution is 6.01. The molecule has 276 valence electrons. The molecule has 9 aromatic carbocycles. The van der Waals surface area contributed by atoms with Crippen LogP contribution in [0.1, 0.15) is 25.0 Å². The van der Waals surface area contributed by atoms with E-state index in [-0.39, 0.29) is 5.41 Å². The Kier molecular flexibility index (Phi) is 8.92. The van der Waals surface area contributed by atoms with Crippen LogP contribution in [0.3, 0.4) is 0 Å². The van der Waals surface area contributed by atoms with Crippen molar-refractivity contribution in [3.8, 4) is 66.8 Å². The van der Waals surface area contributed by atoms with Crippen molar-refractivity contribution in [1.82, 2.24) is 0 Å². The summed E-state index contributed by atoms with van der Waals surface area (Å²) in [5, 5.41) is 0. The molecule has 58 heavy (non-hydrogen) atoms. The molecule has 0 unspecified atom stereocenters. The second kappa shape index (κ2) is 14.7. The summed E-state index contributed by atoms with van der Waals surface area (Å²) in [6.45, 7) is 4.73. The monoisotopic (exact) mass is 741 g/mol. The minimum Gasteiger partial charge on any atom is -0.310 e. The lowest BCUT2D eigenvalue weighted by Crippen LogP contribution is -2.17. The third-order valence-electron chi connectivity index (χ3n) is 11.9. The first kappa shape index (κ1) is 35.2. The quantitative estimate of drug-likeness (QED) is 0.150. The molecule has 1 aliphatic carbocycles. The topological polar surface area (TPSA) is 3.24 Å². The first-order valence-electron chi connectivity index (χ1n) is 20.2. The Balaban J connectivity index is 1.22. The van der Waals surface area contributed by atoms with Gasteiger partial charge in [-0.1, -0.05) is 208 Å². The Morgan fingerprint density at radius 2 is 0.759 bits per heavy atom. The van der Waals surface area contributed by atoms with Gasteiger partial charge in [0, 0.05) is 22.4 Å². The van der Waals surface area contributed by atoms with Crippen molar-refractivity contribution in [3.63, 3.8) is 0 Å². The number of benzene rings is 9. The van der Waals surface area contributed by atoms with Gasteiger partial charge < -0.3 is 4.90 Å². The molecule has 1 heteroatoms. The van der Waals surface area contributed by atoms with E-state index >= 15 is 0 Å². The highest BCUT2D eigenvalue weighted by Crippen LogP contribution is 2.53. The van der Waals surface area contributed by atoms with Crippen LogP contribution in [-0.2, 0) is 5.41 Å². The summed E-state index contributed by atoms with van der Waals surface area (Å²) in [5.41, 5.74) is 20.5. The molecule has 0 saturated carbocycles. The van der Waals surface area contributed by atoms with E-state index < -0.39 is 0 Å². The summed E-state index contributed by atoms with van der Waals surface area (Å²) in [6.07, 6.45) is 0. The molecule has 0 amide bonds. The number of hydrogen-bond acceptors (Lipinski definition) is 1. The number of nitrogens with zero attached hydrogens (tertiary/aromatic N) is 1. The molecule has 0 spiro atoms. The average Bonchev–Trinajstić information content (AvgIpc) is 3.52. The smallest absolute Gasteiger partial charge is 0.0546 e. The molecule has 1 nitrogen and oxygen atoms in total. The molecule has 0 aliphatic heterocycles. The fourth-order valence-electron chi connectivity index (χ4n) is 9.01. The van der Waals surface area contributed by atoms with Gasteiger partial charge in [0.25, 0.3) is 0 Å². The molecule has 1 aliphatic rings. The fourth-order valence-corrected chi connectivity index (χ4v) is 9.01. The van der Waals surface area contributed by atoms with Crippen molar-refractivity contribution in [1.29, 1.82) is 0 Å². The molecule has 0 aromatic heterocycles. The third kappa shape index (κ3) is 6.22. The summed E-state index contributed by atoms with van der Waals surface area (Å²) >= 11 is 0. The van der Waals surface area contributed by atoms with Crippen LogP contribution >= 0.6 is 0 Å². The van der Waals surface area contributed by atoms with E-state index in [0.717, 1.165) is 17.1 Å². The van der Waals surface area contributed by atoms with Crippen LogP contribution in [-0.4, -0.2) is 0 Å².